The van der Waals surface area contributed by atoms with Gasteiger partial charge >= 0.3 is 5.97 Å². The highest BCUT2D eigenvalue weighted by Gasteiger charge is 2.19. The van der Waals surface area contributed by atoms with Crippen LogP contribution in [0.4, 0.5) is 0 Å². The van der Waals surface area contributed by atoms with E-state index in [9.17, 15) is 4.79 Å². The smallest absolute Gasteiger partial charge is 0.306 e. The lowest BCUT2D eigenvalue weighted by molar-refractivity contribution is -0.140. The molecule has 0 aromatic heterocycles. The molecule has 17 heavy (non-hydrogen) atoms. The molecule has 0 aliphatic carbocycles. The second-order valence-electron chi connectivity index (χ2n) is 4.01. The minimum atomic E-state index is -0.157. The van der Waals surface area contributed by atoms with Gasteiger partial charge in [-0.25, -0.2) is 0 Å². The molecular weight excluding hydrogens is 234 g/mol. The molecule has 2 rings (SSSR count). The molecule has 1 unspecified atom stereocenters. The lowest BCUT2D eigenvalue weighted by atomic mass is 10.0. The summed E-state index contributed by atoms with van der Waals surface area (Å²) in [4.78, 5) is 12.4. The summed E-state index contributed by atoms with van der Waals surface area (Å²) in [5, 5.41) is 3.43. The van der Waals surface area contributed by atoms with Crippen molar-refractivity contribution < 1.29 is 9.53 Å². The van der Waals surface area contributed by atoms with Gasteiger partial charge < -0.3 is 10.1 Å². The monoisotopic (exact) mass is 251 g/mol. The molecule has 0 fully saturated rings. The minimum absolute atomic E-state index is 0.157. The van der Waals surface area contributed by atoms with Crippen LogP contribution in [-0.4, -0.2) is 25.4 Å². The first-order valence-electron chi connectivity index (χ1n) is 5.83. The number of carbonyl (C=O) groups excluding carboxylic acids is 1. The van der Waals surface area contributed by atoms with Crippen LogP contribution in [0.2, 0.25) is 0 Å². The second-order valence-corrected chi connectivity index (χ2v) is 5.14. The second kappa shape index (κ2) is 6.07. The third-order valence-electron chi connectivity index (χ3n) is 2.91. The van der Waals surface area contributed by atoms with Crippen molar-refractivity contribution in [3.63, 3.8) is 0 Å². The molecule has 0 saturated heterocycles. The third-order valence-corrected chi connectivity index (χ3v) is 4.03. The third kappa shape index (κ3) is 3.23. The predicted octanol–water partition coefficient (Wildman–Crippen LogP) is 2.38. The average molecular weight is 251 g/mol. The number of nitrogens with one attached hydrogen (secondary N) is 1. The molecule has 1 aliphatic heterocycles. The number of carbonyl (C=O) groups is 1. The highest BCUT2D eigenvalue weighted by molar-refractivity contribution is 7.99. The molecule has 1 N–H and O–H groups in total. The molecule has 1 aromatic carbocycles. The van der Waals surface area contributed by atoms with Gasteiger partial charge in [0.25, 0.3) is 0 Å². The summed E-state index contributed by atoms with van der Waals surface area (Å²) in [7, 11) is 1.43. The molecule has 1 aliphatic rings. The summed E-state index contributed by atoms with van der Waals surface area (Å²) < 4.78 is 4.63. The Hall–Kier alpha value is -1.00. The first-order chi connectivity index (χ1) is 8.31. The molecule has 1 heterocycles. The number of ether oxygens (including phenoxy) is 1. The number of thioether (sulfide) groups is 1. The summed E-state index contributed by atoms with van der Waals surface area (Å²) >= 11 is 1.91. The molecular formula is C13H17NO2S. The first-order valence-corrected chi connectivity index (χ1v) is 6.81. The number of rotatable bonds is 4. The molecule has 1 atom stereocenters. The number of benzene rings is 1. The maximum Gasteiger partial charge on any atom is 0.306 e. The van der Waals surface area contributed by atoms with E-state index in [1.165, 1.54) is 17.6 Å². The van der Waals surface area contributed by atoms with E-state index in [4.69, 9.17) is 0 Å². The summed E-state index contributed by atoms with van der Waals surface area (Å²) in [5.74, 6) is 0.975. The normalized spacial score (nSPS) is 18.5. The van der Waals surface area contributed by atoms with E-state index in [-0.39, 0.29) is 5.97 Å². The number of hydrogen-bond acceptors (Lipinski definition) is 4. The fraction of sp³-hybridized carbons (Fsp3) is 0.462. The van der Waals surface area contributed by atoms with Gasteiger partial charge in [0.1, 0.15) is 0 Å². The van der Waals surface area contributed by atoms with Gasteiger partial charge in [0.15, 0.2) is 0 Å². The number of esters is 1. The van der Waals surface area contributed by atoms with Crippen molar-refractivity contribution in [2.75, 3.05) is 19.4 Å². The van der Waals surface area contributed by atoms with Crippen LogP contribution >= 0.6 is 11.8 Å². The topological polar surface area (TPSA) is 38.3 Å². The van der Waals surface area contributed by atoms with Gasteiger partial charge in [-0.05, 0) is 23.8 Å². The molecule has 1 aromatic rings. The van der Waals surface area contributed by atoms with Crippen LogP contribution in [0, 0.1) is 0 Å². The molecule has 0 amide bonds. The molecule has 3 nitrogen and oxygen atoms in total. The van der Waals surface area contributed by atoms with Crippen LogP contribution < -0.4 is 5.32 Å². The van der Waals surface area contributed by atoms with Crippen molar-refractivity contribution >= 4 is 17.7 Å². The Morgan fingerprint density at radius 1 is 1.53 bits per heavy atom. The van der Waals surface area contributed by atoms with E-state index in [2.05, 4.69) is 34.3 Å². The van der Waals surface area contributed by atoms with Gasteiger partial charge in [0.05, 0.1) is 13.5 Å². The van der Waals surface area contributed by atoms with E-state index in [0.29, 0.717) is 19.0 Å². The standard InChI is InChI=1S/C13H17NO2S/c1-16-13(15)6-8-14-11-7-9-17-12-5-3-2-4-10(11)12/h2-5,11,14H,6-9H2,1H3. The largest absolute Gasteiger partial charge is 0.469 e. The Labute approximate surface area is 106 Å². The van der Waals surface area contributed by atoms with Gasteiger partial charge in [-0.15, -0.1) is 11.8 Å². The summed E-state index contributed by atoms with van der Waals surface area (Å²) in [6, 6.07) is 8.84. The fourth-order valence-electron chi connectivity index (χ4n) is 2.00. The molecule has 92 valence electrons. The van der Waals surface area contributed by atoms with Crippen molar-refractivity contribution in [3.8, 4) is 0 Å². The van der Waals surface area contributed by atoms with Crippen molar-refractivity contribution in [2.24, 2.45) is 0 Å². The Morgan fingerprint density at radius 2 is 2.35 bits per heavy atom. The number of fused-ring (bicyclic) bond motifs is 1. The molecule has 0 radical (unpaired) electrons. The van der Waals surface area contributed by atoms with E-state index in [1.54, 1.807) is 0 Å². The van der Waals surface area contributed by atoms with Crippen LogP contribution in [0.3, 0.4) is 0 Å². The zero-order chi connectivity index (χ0) is 12.1. The maximum atomic E-state index is 11.0. The maximum absolute atomic E-state index is 11.0. The van der Waals surface area contributed by atoms with Gasteiger partial charge in [0, 0.05) is 17.5 Å². The van der Waals surface area contributed by atoms with Crippen molar-refractivity contribution in [2.45, 2.75) is 23.8 Å². The van der Waals surface area contributed by atoms with Crippen LogP contribution in [0.5, 0.6) is 0 Å². The van der Waals surface area contributed by atoms with Crippen LogP contribution in [0.1, 0.15) is 24.4 Å². The highest BCUT2D eigenvalue weighted by atomic mass is 32.2. The number of methoxy groups -OCH3 is 1. The quantitative estimate of drug-likeness (QED) is 0.834. The van der Waals surface area contributed by atoms with Crippen LogP contribution in [0.25, 0.3) is 0 Å². The zero-order valence-corrected chi connectivity index (χ0v) is 10.8. The first kappa shape index (κ1) is 12.5. The van der Waals surface area contributed by atoms with Crippen molar-refractivity contribution in [1.82, 2.24) is 5.32 Å². The molecule has 0 spiro atoms. The van der Waals surface area contributed by atoms with Gasteiger partial charge in [-0.1, -0.05) is 18.2 Å². The van der Waals surface area contributed by atoms with Crippen molar-refractivity contribution in [1.29, 1.82) is 0 Å². The van der Waals surface area contributed by atoms with E-state index < -0.39 is 0 Å². The van der Waals surface area contributed by atoms with E-state index in [1.807, 2.05) is 11.8 Å². The fourth-order valence-corrected chi connectivity index (χ4v) is 3.13. The molecule has 0 saturated carbocycles. The lowest BCUT2D eigenvalue weighted by Gasteiger charge is -2.25. The average Bonchev–Trinajstić information content (AvgIpc) is 2.39. The summed E-state index contributed by atoms with van der Waals surface area (Å²) in [6.07, 6.45) is 1.55. The SMILES string of the molecule is COC(=O)CCNC1CCSc2ccccc21. The lowest BCUT2D eigenvalue weighted by Crippen LogP contribution is -2.27. The zero-order valence-electron chi connectivity index (χ0n) is 9.94. The van der Waals surface area contributed by atoms with Gasteiger partial charge in [-0.3, -0.25) is 4.79 Å². The van der Waals surface area contributed by atoms with Gasteiger partial charge in [0.2, 0.25) is 0 Å². The van der Waals surface area contributed by atoms with Crippen LogP contribution in [0.15, 0.2) is 29.2 Å². The van der Waals surface area contributed by atoms with E-state index >= 15 is 0 Å². The number of hydrogen-bond donors (Lipinski definition) is 1. The Kier molecular flexibility index (Phi) is 4.45. The molecule has 0 bridgehead atoms. The Bertz CT molecular complexity index is 395. The van der Waals surface area contributed by atoms with E-state index in [0.717, 1.165) is 12.2 Å². The Balaban J connectivity index is 1.92. The highest BCUT2D eigenvalue weighted by Crippen LogP contribution is 2.35. The van der Waals surface area contributed by atoms with Crippen molar-refractivity contribution in [3.05, 3.63) is 29.8 Å². The minimum Gasteiger partial charge on any atom is -0.469 e. The molecule has 4 heteroatoms. The summed E-state index contributed by atoms with van der Waals surface area (Å²) in [6.45, 7) is 0.677. The Morgan fingerprint density at radius 3 is 3.18 bits per heavy atom. The summed E-state index contributed by atoms with van der Waals surface area (Å²) in [5.41, 5.74) is 1.36. The van der Waals surface area contributed by atoms with Gasteiger partial charge in [-0.2, -0.15) is 0 Å². The predicted molar refractivity (Wildman–Crippen MR) is 69.2 cm³/mol. The van der Waals surface area contributed by atoms with Crippen LogP contribution in [-0.2, 0) is 9.53 Å².